The monoisotopic (exact) mass is 386 g/mol. The van der Waals surface area contributed by atoms with Crippen LogP contribution in [0.1, 0.15) is 21.5 Å². The van der Waals surface area contributed by atoms with E-state index in [1.54, 1.807) is 6.07 Å². The SMILES string of the molecule is Cc1cccc(-c2cc(C(=O)Nc3ccc(C)c(Cl)c3)c3ccccc3n2)c1. The Labute approximate surface area is 169 Å². The maximum Gasteiger partial charge on any atom is 0.256 e. The molecule has 0 saturated carbocycles. The summed E-state index contributed by atoms with van der Waals surface area (Å²) in [6, 6.07) is 23.1. The van der Waals surface area contributed by atoms with Crippen LogP contribution in [-0.2, 0) is 0 Å². The number of nitrogens with zero attached hydrogens (tertiary/aromatic N) is 1. The van der Waals surface area contributed by atoms with Crippen LogP contribution in [0.5, 0.6) is 0 Å². The van der Waals surface area contributed by atoms with Crippen LogP contribution in [0.3, 0.4) is 0 Å². The largest absolute Gasteiger partial charge is 0.322 e. The van der Waals surface area contributed by atoms with Gasteiger partial charge in [0.15, 0.2) is 0 Å². The first-order chi connectivity index (χ1) is 13.5. The summed E-state index contributed by atoms with van der Waals surface area (Å²) in [4.78, 5) is 17.9. The number of carbonyl (C=O) groups is 1. The molecule has 1 heterocycles. The fourth-order valence-corrected chi connectivity index (χ4v) is 3.37. The number of rotatable bonds is 3. The molecule has 3 nitrogen and oxygen atoms in total. The molecule has 4 aromatic rings. The van der Waals surface area contributed by atoms with Gasteiger partial charge in [-0.2, -0.15) is 0 Å². The predicted molar refractivity (Wildman–Crippen MR) is 116 cm³/mol. The quantitative estimate of drug-likeness (QED) is 0.441. The van der Waals surface area contributed by atoms with Gasteiger partial charge >= 0.3 is 0 Å². The lowest BCUT2D eigenvalue weighted by molar-refractivity contribution is 0.102. The van der Waals surface area contributed by atoms with Gasteiger partial charge in [0.25, 0.3) is 5.91 Å². The third kappa shape index (κ3) is 3.62. The highest BCUT2D eigenvalue weighted by Gasteiger charge is 2.14. The molecule has 4 rings (SSSR count). The molecule has 1 N–H and O–H groups in total. The van der Waals surface area contributed by atoms with E-state index in [1.165, 1.54) is 0 Å². The fraction of sp³-hybridized carbons (Fsp3) is 0.0833. The average Bonchev–Trinajstić information content (AvgIpc) is 2.70. The number of aryl methyl sites for hydroxylation is 2. The van der Waals surface area contributed by atoms with Crippen LogP contribution in [0, 0.1) is 13.8 Å². The minimum atomic E-state index is -0.188. The molecule has 138 valence electrons. The number of aromatic nitrogens is 1. The summed E-state index contributed by atoms with van der Waals surface area (Å²) in [6.45, 7) is 3.97. The number of hydrogen-bond acceptors (Lipinski definition) is 2. The van der Waals surface area contributed by atoms with Crippen molar-refractivity contribution < 1.29 is 4.79 Å². The molecule has 0 radical (unpaired) electrons. The van der Waals surface area contributed by atoms with Gasteiger partial charge < -0.3 is 5.32 Å². The van der Waals surface area contributed by atoms with Crippen molar-refractivity contribution in [1.29, 1.82) is 0 Å². The molecule has 1 aromatic heterocycles. The molecule has 0 atom stereocenters. The molecule has 0 aliphatic rings. The summed E-state index contributed by atoms with van der Waals surface area (Å²) in [5.74, 6) is -0.188. The van der Waals surface area contributed by atoms with Crippen LogP contribution in [0.2, 0.25) is 5.02 Å². The average molecular weight is 387 g/mol. The number of hydrogen-bond donors (Lipinski definition) is 1. The Bertz CT molecular complexity index is 1200. The summed E-state index contributed by atoms with van der Waals surface area (Å²) >= 11 is 6.20. The van der Waals surface area contributed by atoms with Crippen LogP contribution >= 0.6 is 11.6 Å². The van der Waals surface area contributed by atoms with E-state index in [2.05, 4.69) is 11.4 Å². The number of anilines is 1. The summed E-state index contributed by atoms with van der Waals surface area (Å²) in [5, 5.41) is 4.39. The third-order valence-corrected chi connectivity index (χ3v) is 5.11. The van der Waals surface area contributed by atoms with E-state index in [9.17, 15) is 4.79 Å². The molecular weight excluding hydrogens is 368 g/mol. The van der Waals surface area contributed by atoms with Gasteiger partial charge in [0.2, 0.25) is 0 Å². The van der Waals surface area contributed by atoms with Gasteiger partial charge in [-0.15, -0.1) is 0 Å². The molecule has 0 spiro atoms. The lowest BCUT2D eigenvalue weighted by atomic mass is 10.0. The van der Waals surface area contributed by atoms with E-state index >= 15 is 0 Å². The molecule has 4 heteroatoms. The Balaban J connectivity index is 1.80. The van der Waals surface area contributed by atoms with Crippen molar-refractivity contribution in [2.45, 2.75) is 13.8 Å². The molecule has 0 fully saturated rings. The van der Waals surface area contributed by atoms with Crippen LogP contribution in [-0.4, -0.2) is 10.9 Å². The molecule has 28 heavy (non-hydrogen) atoms. The maximum absolute atomic E-state index is 13.1. The zero-order valence-electron chi connectivity index (χ0n) is 15.7. The van der Waals surface area contributed by atoms with Crippen LogP contribution in [0.25, 0.3) is 22.2 Å². The lowest BCUT2D eigenvalue weighted by Gasteiger charge is -2.11. The molecule has 0 saturated heterocycles. The van der Waals surface area contributed by atoms with E-state index in [-0.39, 0.29) is 5.91 Å². The highest BCUT2D eigenvalue weighted by Crippen LogP contribution is 2.27. The van der Waals surface area contributed by atoms with Gasteiger partial charge in [-0.1, -0.05) is 59.6 Å². The standard InChI is InChI=1S/C24H19ClN2O/c1-15-6-5-7-17(12-15)23-14-20(19-8-3-4-9-22(19)27-23)24(28)26-18-11-10-16(2)21(25)13-18/h3-14H,1-2H3,(H,26,28). The van der Waals surface area contributed by atoms with E-state index in [0.717, 1.165) is 33.3 Å². The van der Waals surface area contributed by atoms with E-state index in [4.69, 9.17) is 16.6 Å². The fourth-order valence-electron chi connectivity index (χ4n) is 3.18. The van der Waals surface area contributed by atoms with Crippen molar-refractivity contribution in [2.75, 3.05) is 5.32 Å². The summed E-state index contributed by atoms with van der Waals surface area (Å²) in [5.41, 5.74) is 5.90. The van der Waals surface area contributed by atoms with Gasteiger partial charge in [-0.3, -0.25) is 4.79 Å². The summed E-state index contributed by atoms with van der Waals surface area (Å²) in [7, 11) is 0. The lowest BCUT2D eigenvalue weighted by Crippen LogP contribution is -2.13. The van der Waals surface area contributed by atoms with E-state index in [1.807, 2.05) is 74.5 Å². The first-order valence-electron chi connectivity index (χ1n) is 9.05. The summed E-state index contributed by atoms with van der Waals surface area (Å²) < 4.78 is 0. The topological polar surface area (TPSA) is 42.0 Å². The molecule has 1 amide bonds. The first kappa shape index (κ1) is 18.2. The number of fused-ring (bicyclic) bond motifs is 1. The third-order valence-electron chi connectivity index (χ3n) is 4.70. The second-order valence-corrected chi connectivity index (χ2v) is 7.27. The van der Waals surface area contributed by atoms with Crippen molar-refractivity contribution in [3.8, 4) is 11.3 Å². The number of benzene rings is 3. The molecule has 0 unspecified atom stereocenters. The minimum Gasteiger partial charge on any atom is -0.322 e. The van der Waals surface area contributed by atoms with Crippen LogP contribution < -0.4 is 5.32 Å². The van der Waals surface area contributed by atoms with Crippen molar-refractivity contribution in [2.24, 2.45) is 0 Å². The number of halogens is 1. The van der Waals surface area contributed by atoms with Crippen molar-refractivity contribution >= 4 is 34.1 Å². The number of para-hydroxylation sites is 1. The first-order valence-corrected chi connectivity index (χ1v) is 9.43. The highest BCUT2D eigenvalue weighted by molar-refractivity contribution is 6.31. The number of carbonyl (C=O) groups excluding carboxylic acids is 1. The Morgan fingerprint density at radius 3 is 2.54 bits per heavy atom. The minimum absolute atomic E-state index is 0.188. The molecule has 3 aromatic carbocycles. The van der Waals surface area contributed by atoms with Crippen LogP contribution in [0.4, 0.5) is 5.69 Å². The summed E-state index contributed by atoms with van der Waals surface area (Å²) in [6.07, 6.45) is 0. The van der Waals surface area contributed by atoms with Gasteiger partial charge in [-0.25, -0.2) is 4.98 Å². The Morgan fingerprint density at radius 2 is 1.75 bits per heavy atom. The van der Waals surface area contributed by atoms with Crippen LogP contribution in [0.15, 0.2) is 72.8 Å². The molecule has 0 aliphatic carbocycles. The van der Waals surface area contributed by atoms with Crippen molar-refractivity contribution in [1.82, 2.24) is 4.98 Å². The van der Waals surface area contributed by atoms with Gasteiger partial charge in [0.05, 0.1) is 16.8 Å². The predicted octanol–water partition coefficient (Wildman–Crippen LogP) is 6.42. The van der Waals surface area contributed by atoms with Crippen molar-refractivity contribution in [3.05, 3.63) is 94.5 Å². The number of amides is 1. The zero-order chi connectivity index (χ0) is 19.7. The zero-order valence-corrected chi connectivity index (χ0v) is 16.4. The van der Waals surface area contributed by atoms with E-state index in [0.29, 0.717) is 16.3 Å². The normalized spacial score (nSPS) is 10.8. The number of pyridine rings is 1. The second kappa shape index (κ2) is 7.45. The van der Waals surface area contributed by atoms with Gasteiger partial charge in [0, 0.05) is 21.7 Å². The Morgan fingerprint density at radius 1 is 0.929 bits per heavy atom. The van der Waals surface area contributed by atoms with E-state index < -0.39 is 0 Å². The van der Waals surface area contributed by atoms with Gasteiger partial charge in [-0.05, 0) is 49.7 Å². The van der Waals surface area contributed by atoms with Crippen molar-refractivity contribution in [3.63, 3.8) is 0 Å². The van der Waals surface area contributed by atoms with Gasteiger partial charge in [0.1, 0.15) is 0 Å². The Hall–Kier alpha value is -3.17. The molecular formula is C24H19ClN2O. The smallest absolute Gasteiger partial charge is 0.256 e. The second-order valence-electron chi connectivity index (χ2n) is 6.86. The Kier molecular flexibility index (Phi) is 4.84. The molecule has 0 aliphatic heterocycles. The number of nitrogens with one attached hydrogen (secondary N) is 1. The molecule has 0 bridgehead atoms. The maximum atomic E-state index is 13.1. The highest BCUT2D eigenvalue weighted by atomic mass is 35.5.